The van der Waals surface area contributed by atoms with Crippen LogP contribution in [-0.4, -0.2) is 5.78 Å². The van der Waals surface area contributed by atoms with Crippen LogP contribution >= 0.6 is 0 Å². The van der Waals surface area contributed by atoms with Gasteiger partial charge >= 0.3 is 0 Å². The molecule has 0 radical (unpaired) electrons. The summed E-state index contributed by atoms with van der Waals surface area (Å²) in [6.45, 7) is 0.707. The molecule has 0 aromatic heterocycles. The molecule has 76 valence electrons. The number of rotatable bonds is 1. The van der Waals surface area contributed by atoms with E-state index in [2.05, 4.69) is 0 Å². The minimum absolute atomic E-state index is 0.707. The number of halogens is 5. The molecule has 1 aromatic rings. The molecule has 0 unspecified atom stereocenters. The fourth-order valence-corrected chi connectivity index (χ4v) is 0.914. The maximum Gasteiger partial charge on any atom is 0.200 e. The molecule has 0 atom stereocenters. The first-order valence-corrected chi connectivity index (χ1v) is 3.40. The van der Waals surface area contributed by atoms with Crippen LogP contribution in [0.4, 0.5) is 22.0 Å². The summed E-state index contributed by atoms with van der Waals surface area (Å²) in [5.74, 6) is -11.9. The van der Waals surface area contributed by atoms with Crippen molar-refractivity contribution in [3.05, 3.63) is 34.6 Å². The van der Waals surface area contributed by atoms with E-state index < -0.39 is 40.4 Å². The van der Waals surface area contributed by atoms with E-state index in [-0.39, 0.29) is 0 Å². The maximum absolute atomic E-state index is 12.7. The Hall–Kier alpha value is -1.46. The summed E-state index contributed by atoms with van der Waals surface area (Å²) in [6.07, 6.45) is 0. The fraction of sp³-hybridized carbons (Fsp3) is 0.125. The smallest absolute Gasteiger partial charge is 0.200 e. The second kappa shape index (κ2) is 3.36. The number of carbonyl (C=O) groups is 1. The summed E-state index contributed by atoms with van der Waals surface area (Å²) in [5.41, 5.74) is -1.42. The Morgan fingerprint density at radius 2 is 1.07 bits per heavy atom. The van der Waals surface area contributed by atoms with Gasteiger partial charge in [-0.25, -0.2) is 22.0 Å². The predicted molar refractivity (Wildman–Crippen MR) is 36.2 cm³/mol. The lowest BCUT2D eigenvalue weighted by Crippen LogP contribution is -2.10. The van der Waals surface area contributed by atoms with Crippen molar-refractivity contribution in [1.82, 2.24) is 0 Å². The first kappa shape index (κ1) is 10.6. The van der Waals surface area contributed by atoms with Gasteiger partial charge in [-0.05, 0) is 6.92 Å². The average molecular weight is 210 g/mol. The average Bonchev–Trinajstić information content (AvgIpc) is 2.11. The van der Waals surface area contributed by atoms with Crippen molar-refractivity contribution in [2.45, 2.75) is 6.92 Å². The highest BCUT2D eigenvalue weighted by Gasteiger charge is 2.27. The lowest BCUT2D eigenvalue weighted by Gasteiger charge is -2.04. The number of carbonyl (C=O) groups excluding carboxylic acids is 1. The van der Waals surface area contributed by atoms with Crippen molar-refractivity contribution in [3.8, 4) is 0 Å². The van der Waals surface area contributed by atoms with E-state index in [9.17, 15) is 26.7 Å². The van der Waals surface area contributed by atoms with E-state index in [1.807, 2.05) is 0 Å². The molecule has 0 heterocycles. The van der Waals surface area contributed by atoms with Gasteiger partial charge in [0.2, 0.25) is 5.82 Å². The van der Waals surface area contributed by atoms with Crippen LogP contribution in [0.3, 0.4) is 0 Å². The molecule has 1 aromatic carbocycles. The van der Waals surface area contributed by atoms with Gasteiger partial charge in [0.1, 0.15) is 0 Å². The van der Waals surface area contributed by atoms with Gasteiger partial charge in [-0.1, -0.05) is 0 Å². The highest BCUT2D eigenvalue weighted by Crippen LogP contribution is 2.22. The molecule has 0 saturated heterocycles. The van der Waals surface area contributed by atoms with Crippen molar-refractivity contribution in [2.75, 3.05) is 0 Å². The highest BCUT2D eigenvalue weighted by molar-refractivity contribution is 5.94. The molecule has 0 N–H and O–H groups in total. The Labute approximate surface area is 75.2 Å². The first-order valence-electron chi connectivity index (χ1n) is 3.40. The molecule has 0 aliphatic carbocycles. The van der Waals surface area contributed by atoms with Gasteiger partial charge in [0.25, 0.3) is 0 Å². The number of Topliss-reactive ketones (excluding diaryl/α,β-unsaturated/α-hetero) is 1. The number of ketones is 1. The van der Waals surface area contributed by atoms with Crippen LogP contribution < -0.4 is 0 Å². The molecule has 1 nitrogen and oxygen atoms in total. The molecule has 0 spiro atoms. The van der Waals surface area contributed by atoms with Crippen molar-refractivity contribution in [1.29, 1.82) is 0 Å². The Morgan fingerprint density at radius 3 is 1.36 bits per heavy atom. The van der Waals surface area contributed by atoms with E-state index in [0.717, 1.165) is 0 Å². The quantitative estimate of drug-likeness (QED) is 0.301. The molecule has 6 heteroatoms. The molecular weight excluding hydrogens is 207 g/mol. The maximum atomic E-state index is 12.7. The third-order valence-corrected chi connectivity index (χ3v) is 1.56. The van der Waals surface area contributed by atoms with Crippen LogP contribution in [0.15, 0.2) is 0 Å². The zero-order valence-corrected chi connectivity index (χ0v) is 6.80. The predicted octanol–water partition coefficient (Wildman–Crippen LogP) is 2.58. The molecular formula is C8H3F5O. The van der Waals surface area contributed by atoms with E-state index in [4.69, 9.17) is 0 Å². The zero-order chi connectivity index (χ0) is 11.0. The van der Waals surface area contributed by atoms with Gasteiger partial charge in [-0.2, -0.15) is 0 Å². The summed E-state index contributed by atoms with van der Waals surface area (Å²) in [4.78, 5) is 10.6. The molecule has 14 heavy (non-hydrogen) atoms. The molecule has 0 saturated carbocycles. The lowest BCUT2D eigenvalue weighted by molar-refractivity contribution is 0.100. The SMILES string of the molecule is CC(=O)c1c(F)c(F)c(F)c(F)c1F. The Morgan fingerprint density at radius 1 is 0.786 bits per heavy atom. The van der Waals surface area contributed by atoms with Crippen LogP contribution in [0.1, 0.15) is 17.3 Å². The number of benzene rings is 1. The third kappa shape index (κ3) is 1.36. The molecule has 0 aliphatic rings. The minimum atomic E-state index is -2.27. The molecule has 0 amide bonds. The van der Waals surface area contributed by atoms with Crippen LogP contribution in [0.25, 0.3) is 0 Å². The van der Waals surface area contributed by atoms with Crippen LogP contribution in [0, 0.1) is 29.1 Å². The Balaban J connectivity index is 3.68. The highest BCUT2D eigenvalue weighted by atomic mass is 19.2. The van der Waals surface area contributed by atoms with E-state index in [1.165, 1.54) is 0 Å². The van der Waals surface area contributed by atoms with Gasteiger partial charge in [0, 0.05) is 0 Å². The second-order valence-corrected chi connectivity index (χ2v) is 2.50. The van der Waals surface area contributed by atoms with Crippen molar-refractivity contribution >= 4 is 5.78 Å². The standard InChI is InChI=1S/C8H3F5O/c1-2(14)3-4(9)6(11)8(13)7(12)5(3)10/h1H3. The fourth-order valence-electron chi connectivity index (χ4n) is 0.914. The van der Waals surface area contributed by atoms with E-state index >= 15 is 0 Å². The van der Waals surface area contributed by atoms with Crippen molar-refractivity contribution in [3.63, 3.8) is 0 Å². The summed E-state index contributed by atoms with van der Waals surface area (Å²) in [6, 6.07) is 0. The molecule has 0 fully saturated rings. The van der Waals surface area contributed by atoms with Gasteiger partial charge in [-0.3, -0.25) is 4.79 Å². The van der Waals surface area contributed by atoms with Crippen molar-refractivity contribution in [2.24, 2.45) is 0 Å². The normalized spacial score (nSPS) is 10.4. The Kier molecular flexibility index (Phi) is 2.55. The van der Waals surface area contributed by atoms with Gasteiger partial charge in [0.15, 0.2) is 29.1 Å². The topological polar surface area (TPSA) is 17.1 Å². The van der Waals surface area contributed by atoms with Gasteiger partial charge in [0.05, 0.1) is 5.56 Å². The van der Waals surface area contributed by atoms with Crippen LogP contribution in [0.5, 0.6) is 0 Å². The van der Waals surface area contributed by atoms with Gasteiger partial charge in [-0.15, -0.1) is 0 Å². The lowest BCUT2D eigenvalue weighted by atomic mass is 10.1. The van der Waals surface area contributed by atoms with E-state index in [1.54, 1.807) is 0 Å². The van der Waals surface area contributed by atoms with Crippen LogP contribution in [-0.2, 0) is 0 Å². The largest absolute Gasteiger partial charge is 0.294 e. The minimum Gasteiger partial charge on any atom is -0.294 e. The number of hydrogen-bond acceptors (Lipinski definition) is 1. The van der Waals surface area contributed by atoms with Crippen molar-refractivity contribution < 1.29 is 26.7 Å². The monoisotopic (exact) mass is 210 g/mol. The molecule has 1 rings (SSSR count). The molecule has 0 bridgehead atoms. The second-order valence-electron chi connectivity index (χ2n) is 2.50. The summed E-state index contributed by atoms with van der Waals surface area (Å²) in [7, 11) is 0. The summed E-state index contributed by atoms with van der Waals surface area (Å²) in [5, 5.41) is 0. The first-order chi connectivity index (χ1) is 6.37. The summed E-state index contributed by atoms with van der Waals surface area (Å²) < 4.78 is 62.7. The zero-order valence-electron chi connectivity index (χ0n) is 6.80. The third-order valence-electron chi connectivity index (χ3n) is 1.56. The van der Waals surface area contributed by atoms with E-state index in [0.29, 0.717) is 6.92 Å². The molecule has 0 aliphatic heterocycles. The summed E-state index contributed by atoms with van der Waals surface area (Å²) >= 11 is 0. The van der Waals surface area contributed by atoms with Gasteiger partial charge < -0.3 is 0 Å². The number of hydrogen-bond donors (Lipinski definition) is 0. The Bertz CT molecular complexity index is 384. The van der Waals surface area contributed by atoms with Crippen LogP contribution in [0.2, 0.25) is 0 Å².